The molecule has 0 aliphatic rings. The van der Waals surface area contributed by atoms with E-state index < -0.39 is 12.2 Å². The monoisotopic (exact) mass is 202 g/mol. The van der Waals surface area contributed by atoms with Crippen LogP contribution in [0.1, 0.15) is 26.2 Å². The van der Waals surface area contributed by atoms with Crippen molar-refractivity contribution in [1.29, 1.82) is 0 Å². The second-order valence-electron chi connectivity index (χ2n) is 2.83. The van der Waals surface area contributed by atoms with E-state index in [1.54, 1.807) is 0 Å². The third kappa shape index (κ3) is 3.59. The van der Waals surface area contributed by atoms with Gasteiger partial charge in [-0.05, 0) is 6.42 Å². The van der Waals surface area contributed by atoms with Gasteiger partial charge < -0.3 is 5.32 Å². The highest BCUT2D eigenvalue weighted by Crippen LogP contribution is 2.00. The number of hydrogen-bond acceptors (Lipinski definition) is 4. The van der Waals surface area contributed by atoms with Crippen molar-refractivity contribution in [3.63, 3.8) is 0 Å². The molecule has 0 spiro atoms. The minimum Gasteiger partial charge on any atom is -0.354 e. The summed E-state index contributed by atoms with van der Waals surface area (Å²) in [5.41, 5.74) is 0. The Kier molecular flexibility index (Phi) is 4.15. The Hall–Kier alpha value is -1.33. The van der Waals surface area contributed by atoms with Crippen molar-refractivity contribution in [1.82, 2.24) is 15.0 Å². The first-order valence-electron chi connectivity index (χ1n) is 4.53. The Morgan fingerprint density at radius 3 is 2.29 bits per heavy atom. The van der Waals surface area contributed by atoms with Crippen LogP contribution in [0.3, 0.4) is 0 Å². The van der Waals surface area contributed by atoms with Gasteiger partial charge >= 0.3 is 12.2 Å². The summed E-state index contributed by atoms with van der Waals surface area (Å²) in [4.78, 5) is 9.37. The van der Waals surface area contributed by atoms with Crippen LogP contribution in [-0.4, -0.2) is 21.5 Å². The van der Waals surface area contributed by atoms with Gasteiger partial charge in [0.1, 0.15) is 0 Å². The zero-order valence-corrected chi connectivity index (χ0v) is 7.93. The smallest absolute Gasteiger partial charge is 0.315 e. The van der Waals surface area contributed by atoms with Gasteiger partial charge in [0.25, 0.3) is 0 Å². The molecule has 0 amide bonds. The first-order chi connectivity index (χ1) is 6.72. The van der Waals surface area contributed by atoms with E-state index in [0.29, 0.717) is 6.54 Å². The molecule has 0 saturated carbocycles. The van der Waals surface area contributed by atoms with Crippen molar-refractivity contribution in [2.24, 2.45) is 0 Å². The van der Waals surface area contributed by atoms with E-state index in [1.165, 1.54) is 0 Å². The van der Waals surface area contributed by atoms with E-state index in [2.05, 4.69) is 27.2 Å². The molecule has 1 rings (SSSR count). The Morgan fingerprint density at radius 1 is 1.07 bits per heavy atom. The first kappa shape index (κ1) is 10.7. The zero-order valence-electron chi connectivity index (χ0n) is 7.93. The third-order valence-corrected chi connectivity index (χ3v) is 1.64. The maximum absolute atomic E-state index is 12.5. The fraction of sp³-hybridized carbons (Fsp3) is 0.625. The Labute approximate surface area is 80.8 Å². The van der Waals surface area contributed by atoms with E-state index in [-0.39, 0.29) is 5.95 Å². The van der Waals surface area contributed by atoms with E-state index >= 15 is 0 Å². The predicted molar refractivity (Wildman–Crippen MR) is 47.8 cm³/mol. The fourth-order valence-electron chi connectivity index (χ4n) is 0.980. The summed E-state index contributed by atoms with van der Waals surface area (Å²) >= 11 is 0. The highest BCUT2D eigenvalue weighted by Gasteiger charge is 2.03. The van der Waals surface area contributed by atoms with Gasteiger partial charge in [-0.3, -0.25) is 0 Å². The third-order valence-electron chi connectivity index (χ3n) is 1.64. The summed E-state index contributed by atoms with van der Waals surface area (Å²) in [6.07, 6.45) is 0.863. The molecule has 0 unspecified atom stereocenters. The predicted octanol–water partition coefficient (Wildman–Crippen LogP) is 1.75. The number of aromatic nitrogens is 3. The lowest BCUT2D eigenvalue weighted by atomic mass is 10.2. The first-order valence-corrected chi connectivity index (χ1v) is 4.53. The molecule has 0 bridgehead atoms. The Balaban J connectivity index is 2.42. The van der Waals surface area contributed by atoms with Gasteiger partial charge in [0.15, 0.2) is 0 Å². The molecule has 1 N–H and O–H groups in total. The van der Waals surface area contributed by atoms with Crippen molar-refractivity contribution in [3.05, 3.63) is 12.2 Å². The lowest BCUT2D eigenvalue weighted by Crippen LogP contribution is -2.09. The molecule has 0 aliphatic heterocycles. The van der Waals surface area contributed by atoms with E-state index in [1.807, 2.05) is 0 Å². The van der Waals surface area contributed by atoms with Crippen LogP contribution in [0.15, 0.2) is 0 Å². The maximum Gasteiger partial charge on any atom is 0.315 e. The molecule has 0 aromatic carbocycles. The summed E-state index contributed by atoms with van der Waals surface area (Å²) in [6.45, 7) is 2.68. The summed E-state index contributed by atoms with van der Waals surface area (Å²) in [7, 11) is 0. The summed E-state index contributed by atoms with van der Waals surface area (Å²) in [5, 5.41) is 2.72. The highest BCUT2D eigenvalue weighted by atomic mass is 19.1. The van der Waals surface area contributed by atoms with Crippen LogP contribution in [-0.2, 0) is 0 Å². The number of unbranched alkanes of at least 4 members (excludes halogenated alkanes) is 2. The summed E-state index contributed by atoms with van der Waals surface area (Å²) in [5.74, 6) is -0.0499. The lowest BCUT2D eigenvalue weighted by Gasteiger charge is -2.02. The molecule has 0 atom stereocenters. The fourth-order valence-corrected chi connectivity index (χ4v) is 0.980. The van der Waals surface area contributed by atoms with Crippen LogP contribution < -0.4 is 5.32 Å². The minimum absolute atomic E-state index is 0.0499. The van der Waals surface area contributed by atoms with Gasteiger partial charge in [0.2, 0.25) is 5.95 Å². The largest absolute Gasteiger partial charge is 0.354 e. The molecule has 4 nitrogen and oxygen atoms in total. The second kappa shape index (κ2) is 5.41. The van der Waals surface area contributed by atoms with Crippen molar-refractivity contribution in [3.8, 4) is 0 Å². The molecule has 0 fully saturated rings. The standard InChI is InChI=1S/C8H12F2N4/c1-2-3-4-5-11-8-13-6(9)12-7(10)14-8/h2-5H2,1H3,(H,11,12,13,14). The number of anilines is 1. The van der Waals surface area contributed by atoms with Crippen LogP contribution >= 0.6 is 0 Å². The van der Waals surface area contributed by atoms with E-state index in [9.17, 15) is 8.78 Å². The molecule has 78 valence electrons. The Bertz CT molecular complexity index is 272. The molecule has 0 saturated heterocycles. The topological polar surface area (TPSA) is 50.7 Å². The number of rotatable bonds is 5. The molecular weight excluding hydrogens is 190 g/mol. The van der Waals surface area contributed by atoms with E-state index in [0.717, 1.165) is 19.3 Å². The van der Waals surface area contributed by atoms with Gasteiger partial charge in [-0.25, -0.2) is 0 Å². The maximum atomic E-state index is 12.5. The number of nitrogens with zero attached hydrogens (tertiary/aromatic N) is 3. The molecule has 0 radical (unpaired) electrons. The zero-order chi connectivity index (χ0) is 10.4. The molecule has 1 aromatic rings. The van der Waals surface area contributed by atoms with Crippen LogP contribution in [0.4, 0.5) is 14.7 Å². The number of nitrogens with one attached hydrogen (secondary N) is 1. The minimum atomic E-state index is -1.10. The second-order valence-corrected chi connectivity index (χ2v) is 2.83. The SMILES string of the molecule is CCCCCNc1nc(F)nc(F)n1. The summed E-state index contributed by atoms with van der Waals surface area (Å²) in [6, 6.07) is 0. The molecule has 1 aromatic heterocycles. The molecule has 0 aliphatic carbocycles. The van der Waals surface area contributed by atoms with Crippen LogP contribution in [0.25, 0.3) is 0 Å². The van der Waals surface area contributed by atoms with Gasteiger partial charge in [0, 0.05) is 6.54 Å². The van der Waals surface area contributed by atoms with Gasteiger partial charge in [0.05, 0.1) is 0 Å². The highest BCUT2D eigenvalue weighted by molar-refractivity contribution is 5.20. The van der Waals surface area contributed by atoms with Crippen molar-refractivity contribution < 1.29 is 8.78 Å². The van der Waals surface area contributed by atoms with Crippen LogP contribution in [0, 0.1) is 12.2 Å². The lowest BCUT2D eigenvalue weighted by molar-refractivity contribution is 0.457. The quantitative estimate of drug-likeness (QED) is 0.739. The van der Waals surface area contributed by atoms with Crippen LogP contribution in [0.5, 0.6) is 0 Å². The van der Waals surface area contributed by atoms with Crippen molar-refractivity contribution >= 4 is 5.95 Å². The van der Waals surface area contributed by atoms with Gasteiger partial charge in [-0.1, -0.05) is 19.8 Å². The molecule has 6 heteroatoms. The van der Waals surface area contributed by atoms with Gasteiger partial charge in [-0.2, -0.15) is 23.7 Å². The normalized spacial score (nSPS) is 10.2. The average Bonchev–Trinajstić information content (AvgIpc) is 2.11. The molecule has 1 heterocycles. The summed E-state index contributed by atoms with van der Waals surface area (Å²) < 4.78 is 24.9. The molecule has 14 heavy (non-hydrogen) atoms. The van der Waals surface area contributed by atoms with Crippen molar-refractivity contribution in [2.75, 3.05) is 11.9 Å². The van der Waals surface area contributed by atoms with Crippen molar-refractivity contribution in [2.45, 2.75) is 26.2 Å². The Morgan fingerprint density at radius 2 is 1.71 bits per heavy atom. The molecular formula is C8H12F2N4. The number of hydrogen-bond donors (Lipinski definition) is 1. The van der Waals surface area contributed by atoms with Crippen LogP contribution in [0.2, 0.25) is 0 Å². The van der Waals surface area contributed by atoms with Gasteiger partial charge in [-0.15, -0.1) is 0 Å². The average molecular weight is 202 g/mol. The van der Waals surface area contributed by atoms with E-state index in [4.69, 9.17) is 0 Å². The number of halogens is 2.